The number of hydrogen-bond acceptors (Lipinski definition) is 4. The van der Waals surface area contributed by atoms with Gasteiger partial charge in [0.15, 0.2) is 5.65 Å². The molecule has 0 fully saturated rings. The van der Waals surface area contributed by atoms with E-state index in [2.05, 4.69) is 39.3 Å². The van der Waals surface area contributed by atoms with E-state index in [9.17, 15) is 0 Å². The average Bonchev–Trinajstić information content (AvgIpc) is 3.08. The zero-order valence-electron chi connectivity index (χ0n) is 10.8. The molecule has 0 bridgehead atoms. The molecule has 3 heterocycles. The molecule has 19 heavy (non-hydrogen) atoms. The minimum atomic E-state index is 0.380. The largest absolute Gasteiger partial charge is 0.310 e. The number of nitrogens with zero attached hydrogens (tertiary/aromatic N) is 3. The van der Waals surface area contributed by atoms with Crippen molar-refractivity contribution in [2.45, 2.75) is 19.4 Å². The maximum Gasteiger partial charge on any atom is 0.160 e. The average molecular weight is 272 g/mol. The van der Waals surface area contributed by atoms with Crippen molar-refractivity contribution in [3.63, 3.8) is 0 Å². The molecule has 5 heteroatoms. The Balaban J connectivity index is 1.61. The van der Waals surface area contributed by atoms with Crippen LogP contribution in [-0.4, -0.2) is 21.1 Å². The lowest BCUT2D eigenvalue weighted by atomic mass is 10.2. The Bertz CT molecular complexity index is 644. The summed E-state index contributed by atoms with van der Waals surface area (Å²) in [5, 5.41) is 16.2. The predicted molar refractivity (Wildman–Crippen MR) is 77.4 cm³/mol. The fraction of sp³-hybridized carbons (Fsp3) is 0.286. The number of nitrogens with one attached hydrogen (secondary N) is 1. The molecule has 0 aliphatic rings. The summed E-state index contributed by atoms with van der Waals surface area (Å²) < 4.78 is 2.04. The molecule has 0 saturated heterocycles. The van der Waals surface area contributed by atoms with Crippen molar-refractivity contribution < 1.29 is 0 Å². The van der Waals surface area contributed by atoms with E-state index in [-0.39, 0.29) is 0 Å². The van der Waals surface area contributed by atoms with Crippen LogP contribution in [0.25, 0.3) is 5.65 Å². The summed E-state index contributed by atoms with van der Waals surface area (Å²) in [7, 11) is 0. The number of hydrogen-bond donors (Lipinski definition) is 1. The summed E-state index contributed by atoms with van der Waals surface area (Å²) in [6, 6.07) is 8.49. The van der Waals surface area contributed by atoms with Crippen LogP contribution in [0.3, 0.4) is 0 Å². The van der Waals surface area contributed by atoms with E-state index in [0.717, 1.165) is 24.4 Å². The van der Waals surface area contributed by atoms with Crippen LogP contribution in [-0.2, 0) is 6.42 Å². The first-order valence-corrected chi connectivity index (χ1v) is 7.33. The van der Waals surface area contributed by atoms with Crippen LogP contribution in [0, 0.1) is 0 Å². The van der Waals surface area contributed by atoms with Crippen molar-refractivity contribution in [3.05, 3.63) is 52.6 Å². The number of rotatable bonds is 5. The highest BCUT2D eigenvalue weighted by Gasteiger charge is 2.07. The van der Waals surface area contributed by atoms with E-state index in [1.165, 1.54) is 5.56 Å². The van der Waals surface area contributed by atoms with Crippen molar-refractivity contribution in [3.8, 4) is 0 Å². The SMILES string of the molecule is CC(NCCc1nnc2ccccn12)c1ccsc1. The Morgan fingerprint density at radius 2 is 2.26 bits per heavy atom. The normalized spacial score (nSPS) is 12.9. The van der Waals surface area contributed by atoms with E-state index in [1.807, 2.05) is 28.8 Å². The second-order valence-electron chi connectivity index (χ2n) is 4.53. The minimum absolute atomic E-state index is 0.380. The zero-order valence-corrected chi connectivity index (χ0v) is 11.6. The molecule has 0 aliphatic heterocycles. The third-order valence-electron chi connectivity index (χ3n) is 3.23. The smallest absolute Gasteiger partial charge is 0.160 e. The maximum atomic E-state index is 4.23. The molecule has 4 nitrogen and oxygen atoms in total. The summed E-state index contributed by atoms with van der Waals surface area (Å²) >= 11 is 1.73. The topological polar surface area (TPSA) is 42.2 Å². The third kappa shape index (κ3) is 2.67. The van der Waals surface area contributed by atoms with Gasteiger partial charge in [0.1, 0.15) is 5.82 Å². The van der Waals surface area contributed by atoms with Gasteiger partial charge >= 0.3 is 0 Å². The molecule has 3 rings (SSSR count). The van der Waals surface area contributed by atoms with Gasteiger partial charge in [-0.1, -0.05) is 6.07 Å². The first-order chi connectivity index (χ1) is 9.34. The first-order valence-electron chi connectivity index (χ1n) is 6.39. The van der Waals surface area contributed by atoms with Gasteiger partial charge in [0.05, 0.1) is 0 Å². The molecule has 3 aromatic heterocycles. The fourth-order valence-electron chi connectivity index (χ4n) is 2.10. The predicted octanol–water partition coefficient (Wildman–Crippen LogP) is 2.68. The standard InChI is InChI=1S/C14H16N4S/c1-11(12-6-9-19-10-12)15-7-5-14-17-16-13-4-2-3-8-18(13)14/h2-4,6,8-11,15H,5,7H2,1H3. The van der Waals surface area contributed by atoms with Crippen LogP contribution in [0.2, 0.25) is 0 Å². The van der Waals surface area contributed by atoms with Crippen LogP contribution in [0.15, 0.2) is 41.2 Å². The van der Waals surface area contributed by atoms with Crippen LogP contribution in [0.1, 0.15) is 24.4 Å². The zero-order chi connectivity index (χ0) is 13.1. The molecule has 1 N–H and O–H groups in total. The molecule has 0 saturated carbocycles. The molecule has 1 atom stereocenters. The third-order valence-corrected chi connectivity index (χ3v) is 3.93. The fourth-order valence-corrected chi connectivity index (χ4v) is 2.86. The van der Waals surface area contributed by atoms with Gasteiger partial charge in [0.25, 0.3) is 0 Å². The van der Waals surface area contributed by atoms with E-state index < -0.39 is 0 Å². The quantitative estimate of drug-likeness (QED) is 0.776. The number of thiophene rings is 1. The van der Waals surface area contributed by atoms with Crippen molar-refractivity contribution in [2.24, 2.45) is 0 Å². The van der Waals surface area contributed by atoms with E-state index >= 15 is 0 Å². The van der Waals surface area contributed by atoms with Crippen LogP contribution in [0.4, 0.5) is 0 Å². The van der Waals surface area contributed by atoms with Crippen LogP contribution in [0.5, 0.6) is 0 Å². The molecule has 0 aromatic carbocycles. The highest BCUT2D eigenvalue weighted by Crippen LogP contribution is 2.15. The summed E-state index contributed by atoms with van der Waals surface area (Å²) in [5.41, 5.74) is 2.25. The molecule has 0 aliphatic carbocycles. The Morgan fingerprint density at radius 1 is 1.32 bits per heavy atom. The molecule has 1 unspecified atom stereocenters. The Morgan fingerprint density at radius 3 is 3.11 bits per heavy atom. The summed E-state index contributed by atoms with van der Waals surface area (Å²) in [4.78, 5) is 0. The van der Waals surface area contributed by atoms with Gasteiger partial charge in [0, 0.05) is 25.2 Å². The molecular formula is C14H16N4S. The molecule has 0 spiro atoms. The van der Waals surface area contributed by atoms with Gasteiger partial charge in [-0.05, 0) is 41.4 Å². The first kappa shape index (κ1) is 12.3. The monoisotopic (exact) mass is 272 g/mol. The highest BCUT2D eigenvalue weighted by molar-refractivity contribution is 7.07. The highest BCUT2D eigenvalue weighted by atomic mass is 32.1. The number of fused-ring (bicyclic) bond motifs is 1. The lowest BCUT2D eigenvalue weighted by Crippen LogP contribution is -2.21. The van der Waals surface area contributed by atoms with Crippen molar-refractivity contribution >= 4 is 17.0 Å². The molecular weight excluding hydrogens is 256 g/mol. The number of pyridine rings is 1. The number of aromatic nitrogens is 3. The van der Waals surface area contributed by atoms with E-state index in [4.69, 9.17) is 0 Å². The van der Waals surface area contributed by atoms with E-state index in [1.54, 1.807) is 11.3 Å². The maximum absolute atomic E-state index is 4.23. The van der Waals surface area contributed by atoms with Crippen LogP contribution >= 0.6 is 11.3 Å². The molecule has 3 aromatic rings. The molecule has 0 radical (unpaired) electrons. The van der Waals surface area contributed by atoms with Crippen LogP contribution < -0.4 is 5.32 Å². The Labute approximate surface area is 116 Å². The minimum Gasteiger partial charge on any atom is -0.310 e. The lowest BCUT2D eigenvalue weighted by molar-refractivity contribution is 0.570. The molecule has 98 valence electrons. The van der Waals surface area contributed by atoms with Gasteiger partial charge < -0.3 is 5.32 Å². The van der Waals surface area contributed by atoms with Gasteiger partial charge in [-0.15, -0.1) is 10.2 Å². The molecule has 0 amide bonds. The summed E-state index contributed by atoms with van der Waals surface area (Å²) in [6.45, 7) is 3.08. The summed E-state index contributed by atoms with van der Waals surface area (Å²) in [6.07, 6.45) is 2.88. The van der Waals surface area contributed by atoms with Gasteiger partial charge in [0.2, 0.25) is 0 Å². The van der Waals surface area contributed by atoms with Crippen molar-refractivity contribution in [1.29, 1.82) is 0 Å². The summed E-state index contributed by atoms with van der Waals surface area (Å²) in [5.74, 6) is 1.00. The van der Waals surface area contributed by atoms with Crippen molar-refractivity contribution in [1.82, 2.24) is 19.9 Å². The van der Waals surface area contributed by atoms with Gasteiger partial charge in [-0.2, -0.15) is 11.3 Å². The second-order valence-corrected chi connectivity index (χ2v) is 5.31. The lowest BCUT2D eigenvalue weighted by Gasteiger charge is -2.11. The van der Waals surface area contributed by atoms with Gasteiger partial charge in [-0.3, -0.25) is 4.40 Å². The second kappa shape index (κ2) is 5.50. The van der Waals surface area contributed by atoms with Gasteiger partial charge in [-0.25, -0.2) is 0 Å². The van der Waals surface area contributed by atoms with Crippen molar-refractivity contribution in [2.75, 3.05) is 6.54 Å². The Hall–Kier alpha value is -1.72. The van der Waals surface area contributed by atoms with E-state index in [0.29, 0.717) is 6.04 Å². The Kier molecular flexibility index (Phi) is 3.57.